The van der Waals surface area contributed by atoms with Crippen LogP contribution in [-0.4, -0.2) is 45.4 Å². The maximum atomic E-state index is 13.8. The summed E-state index contributed by atoms with van der Waals surface area (Å²) in [5.41, 5.74) is -1.71. The van der Waals surface area contributed by atoms with E-state index in [1.54, 1.807) is 12.2 Å². The monoisotopic (exact) mass is 448 g/mol. The highest BCUT2D eigenvalue weighted by Gasteiger charge is 2.82. The van der Waals surface area contributed by atoms with E-state index in [9.17, 15) is 19.1 Å². The first-order valence-electron chi connectivity index (χ1n) is 11.2. The highest BCUT2D eigenvalue weighted by molar-refractivity contribution is 7.80. The second kappa shape index (κ2) is 6.25. The minimum absolute atomic E-state index is 0.0200. The molecule has 5 nitrogen and oxygen atoms in total. The Balaban J connectivity index is 1.59. The quantitative estimate of drug-likeness (QED) is 0.396. The van der Waals surface area contributed by atoms with E-state index < -0.39 is 28.8 Å². The van der Waals surface area contributed by atoms with E-state index in [2.05, 4.69) is 6.92 Å². The van der Waals surface area contributed by atoms with Crippen LogP contribution in [0.1, 0.15) is 53.4 Å². The molecular formula is C24H29FO5S. The first kappa shape index (κ1) is 21.3. The summed E-state index contributed by atoms with van der Waals surface area (Å²) in [5.74, 6) is -0.972. The number of aliphatic hydroxyl groups excluding tert-OH is 1. The van der Waals surface area contributed by atoms with Crippen LogP contribution in [0.4, 0.5) is 4.39 Å². The average molecular weight is 449 g/mol. The van der Waals surface area contributed by atoms with E-state index in [4.69, 9.17) is 21.7 Å². The number of carbonyl (C=O) groups is 2. The number of rotatable bonds is 3. The molecule has 5 aliphatic rings. The van der Waals surface area contributed by atoms with Crippen molar-refractivity contribution in [3.8, 4) is 0 Å². The summed E-state index contributed by atoms with van der Waals surface area (Å²) in [6.07, 6.45) is 6.41. The Labute approximate surface area is 187 Å². The molecule has 1 heterocycles. The molecular weight excluding hydrogens is 419 g/mol. The number of esters is 1. The van der Waals surface area contributed by atoms with Gasteiger partial charge in [-0.2, -0.15) is 0 Å². The molecule has 1 unspecified atom stereocenters. The van der Waals surface area contributed by atoms with Crippen molar-refractivity contribution in [2.75, 3.05) is 0 Å². The van der Waals surface area contributed by atoms with Crippen molar-refractivity contribution in [2.45, 2.75) is 76.9 Å². The van der Waals surface area contributed by atoms with E-state index in [1.165, 1.54) is 0 Å². The summed E-state index contributed by atoms with van der Waals surface area (Å²) in [6, 6.07) is 0. The lowest BCUT2D eigenvalue weighted by Crippen LogP contribution is -2.63. The van der Waals surface area contributed by atoms with E-state index in [0.717, 1.165) is 25.3 Å². The largest absolute Gasteiger partial charge is 0.499 e. The van der Waals surface area contributed by atoms with Gasteiger partial charge in [0.05, 0.1) is 6.10 Å². The van der Waals surface area contributed by atoms with E-state index in [1.807, 2.05) is 19.9 Å². The Bertz CT molecular complexity index is 958. The molecule has 1 saturated heterocycles. The molecule has 0 amide bonds. The van der Waals surface area contributed by atoms with Crippen LogP contribution in [0.3, 0.4) is 0 Å². The topological polar surface area (TPSA) is 76.1 Å². The zero-order chi connectivity index (χ0) is 22.6. The minimum Gasteiger partial charge on any atom is -0.499 e. The maximum Gasteiger partial charge on any atom is 0.341 e. The fourth-order valence-corrected chi connectivity index (χ4v) is 8.40. The van der Waals surface area contributed by atoms with Crippen LogP contribution in [0.15, 0.2) is 23.8 Å². The van der Waals surface area contributed by atoms with Crippen LogP contribution in [0, 0.1) is 28.6 Å². The van der Waals surface area contributed by atoms with Crippen molar-refractivity contribution in [1.29, 1.82) is 0 Å². The van der Waals surface area contributed by atoms with Crippen molar-refractivity contribution in [3.05, 3.63) is 23.8 Å². The van der Waals surface area contributed by atoms with Crippen LogP contribution >= 0.6 is 12.2 Å². The molecule has 4 fully saturated rings. The lowest BCUT2D eigenvalue weighted by molar-refractivity contribution is -0.177. The third-order valence-corrected chi connectivity index (χ3v) is 9.68. The number of halogens is 1. The Hall–Kier alpha value is -1.60. The van der Waals surface area contributed by atoms with Gasteiger partial charge in [0.2, 0.25) is 5.05 Å². The Morgan fingerprint density at radius 2 is 2.10 bits per heavy atom. The molecule has 3 saturated carbocycles. The molecule has 1 aliphatic heterocycles. The number of ether oxygens (including phenoxy) is 2. The van der Waals surface area contributed by atoms with E-state index in [0.29, 0.717) is 12.8 Å². The minimum atomic E-state index is -1.80. The number of hydrogen-bond donors (Lipinski definition) is 1. The van der Waals surface area contributed by atoms with Crippen LogP contribution < -0.4 is 0 Å². The molecule has 0 aromatic carbocycles. The van der Waals surface area contributed by atoms with Gasteiger partial charge in [-0.1, -0.05) is 25.5 Å². The molecule has 0 aromatic heterocycles. The van der Waals surface area contributed by atoms with Gasteiger partial charge in [0.25, 0.3) is 0 Å². The lowest BCUT2D eigenvalue weighted by atomic mass is 9.47. The average Bonchev–Trinajstić information content (AvgIpc) is 3.36. The van der Waals surface area contributed by atoms with Gasteiger partial charge >= 0.3 is 5.97 Å². The molecule has 7 heteroatoms. The predicted octanol–water partition coefficient (Wildman–Crippen LogP) is 4.20. The second-order valence-corrected chi connectivity index (χ2v) is 11.0. The number of ketones is 1. The van der Waals surface area contributed by atoms with Crippen molar-refractivity contribution >= 4 is 29.0 Å². The van der Waals surface area contributed by atoms with Gasteiger partial charge in [-0.25, -0.2) is 9.18 Å². The van der Waals surface area contributed by atoms with Crippen LogP contribution in [0.5, 0.6) is 0 Å². The molecule has 4 aliphatic carbocycles. The van der Waals surface area contributed by atoms with Gasteiger partial charge in [0.1, 0.15) is 5.60 Å². The number of thiocarbonyl (C=S) groups is 1. The standard InChI is InChI=1S/C24H29FO5S/c1-12-9-17-16-6-5-14-10-15(26)7-8-21(14,3)24(16)18(29-24)11-22(17,4)23(12,20(28)31)30-19(27)13(2)25/h7-8,10,12-13,16-18H,5-6,9,11H2,1-4H3,(H,28,31)/t12-,13?,16+,17+,18+,21+,22+,23+,24-/m1/s1. The number of allylic oxidation sites excluding steroid dienone is 2. The van der Waals surface area contributed by atoms with Crippen molar-refractivity contribution in [1.82, 2.24) is 0 Å². The Morgan fingerprint density at radius 3 is 2.74 bits per heavy atom. The molecule has 0 bridgehead atoms. The smallest absolute Gasteiger partial charge is 0.341 e. The van der Waals surface area contributed by atoms with Crippen LogP contribution in [0.2, 0.25) is 0 Å². The van der Waals surface area contributed by atoms with Gasteiger partial charge in [-0.3, -0.25) is 4.79 Å². The van der Waals surface area contributed by atoms with Crippen molar-refractivity contribution in [2.24, 2.45) is 28.6 Å². The Morgan fingerprint density at radius 1 is 1.39 bits per heavy atom. The summed E-state index contributed by atoms with van der Waals surface area (Å²) in [5, 5.41) is 10.3. The predicted molar refractivity (Wildman–Crippen MR) is 115 cm³/mol. The SMILES string of the molecule is CC(F)C(=O)O[C@]1(C(O)=S)[C@H](C)C[C@H]2[C@@H]3CCC4=CC(=O)C=C[C@]4(C)[C@@]34O[C@H]4C[C@@]21C. The molecule has 0 aromatic rings. The van der Waals surface area contributed by atoms with Crippen LogP contribution in [-0.2, 0) is 19.1 Å². The number of aliphatic hydroxyl groups is 1. The van der Waals surface area contributed by atoms with Gasteiger partial charge < -0.3 is 14.6 Å². The number of hydrogen-bond acceptors (Lipinski definition) is 5. The molecule has 9 atom stereocenters. The fraction of sp³-hybridized carbons (Fsp3) is 0.708. The first-order valence-corrected chi connectivity index (χ1v) is 11.6. The molecule has 1 N–H and O–H groups in total. The van der Waals surface area contributed by atoms with Crippen LogP contribution in [0.25, 0.3) is 0 Å². The number of carbonyl (C=O) groups excluding carboxylic acids is 2. The lowest BCUT2D eigenvalue weighted by Gasteiger charge is -2.56. The second-order valence-electron chi connectivity index (χ2n) is 10.6. The van der Waals surface area contributed by atoms with E-state index >= 15 is 0 Å². The number of alkyl halides is 1. The van der Waals surface area contributed by atoms with Gasteiger partial charge in [-0.15, -0.1) is 0 Å². The number of epoxide rings is 1. The number of fused-ring (bicyclic) bond motifs is 3. The van der Waals surface area contributed by atoms with E-state index in [-0.39, 0.29) is 40.1 Å². The zero-order valence-corrected chi connectivity index (χ0v) is 19.1. The maximum absolute atomic E-state index is 13.8. The summed E-state index contributed by atoms with van der Waals surface area (Å²) in [4.78, 5) is 24.4. The highest BCUT2D eigenvalue weighted by atomic mass is 32.1. The Kier molecular flexibility index (Phi) is 4.29. The van der Waals surface area contributed by atoms with Crippen molar-refractivity contribution < 1.29 is 28.6 Å². The molecule has 5 rings (SSSR count). The third-order valence-electron chi connectivity index (χ3n) is 9.38. The summed E-state index contributed by atoms with van der Waals surface area (Å²) >= 11 is 5.27. The third kappa shape index (κ3) is 2.32. The normalized spacial score (nSPS) is 50.4. The molecule has 1 spiro atoms. The summed E-state index contributed by atoms with van der Waals surface area (Å²) in [7, 11) is 0. The highest BCUT2D eigenvalue weighted by Crippen LogP contribution is 2.76. The zero-order valence-electron chi connectivity index (χ0n) is 18.3. The summed E-state index contributed by atoms with van der Waals surface area (Å²) in [6.45, 7) is 7.23. The van der Waals surface area contributed by atoms with Gasteiger partial charge in [-0.05, 0) is 75.7 Å². The molecule has 168 valence electrons. The first-order chi connectivity index (χ1) is 14.4. The van der Waals surface area contributed by atoms with Gasteiger partial charge in [0, 0.05) is 16.7 Å². The molecule has 31 heavy (non-hydrogen) atoms. The fourth-order valence-electron chi connectivity index (χ4n) is 7.92. The van der Waals surface area contributed by atoms with Crippen molar-refractivity contribution in [3.63, 3.8) is 0 Å². The summed E-state index contributed by atoms with van der Waals surface area (Å²) < 4.78 is 26.1. The molecule has 0 radical (unpaired) electrons. The van der Waals surface area contributed by atoms with Gasteiger partial charge in [0.15, 0.2) is 17.6 Å².